The predicted octanol–water partition coefficient (Wildman–Crippen LogP) is 4.99. The molecule has 2 aromatic carbocycles. The van der Waals surface area contributed by atoms with Crippen molar-refractivity contribution in [3.05, 3.63) is 84.2 Å². The van der Waals surface area contributed by atoms with E-state index in [0.29, 0.717) is 35.1 Å². The minimum absolute atomic E-state index is 0.0727. The summed E-state index contributed by atoms with van der Waals surface area (Å²) in [6.07, 6.45) is 3.88. The second kappa shape index (κ2) is 11.8. The normalized spacial score (nSPS) is 15.9. The van der Waals surface area contributed by atoms with Crippen molar-refractivity contribution in [1.29, 1.82) is 0 Å². The molecule has 1 aliphatic heterocycles. The second-order valence-corrected chi connectivity index (χ2v) is 7.54. The van der Waals surface area contributed by atoms with Crippen LogP contribution in [0.15, 0.2) is 78.1 Å². The number of oxime groups is 1. The fraction of sp³-hybridized carbons (Fsp3) is 0.269. The SMILES string of the molecule is COC(=O)c1ccnc(/C(COc2ccc(Oc3ccccc3)cc2)=N/OC2CCCCO2)c1. The van der Waals surface area contributed by atoms with Crippen molar-refractivity contribution in [3.8, 4) is 17.2 Å². The van der Waals surface area contributed by atoms with Gasteiger partial charge in [-0.05, 0) is 61.4 Å². The molecule has 0 amide bonds. The first-order chi connectivity index (χ1) is 16.7. The summed E-state index contributed by atoms with van der Waals surface area (Å²) in [4.78, 5) is 21.9. The maximum absolute atomic E-state index is 12.0. The summed E-state index contributed by atoms with van der Waals surface area (Å²) in [5.41, 5.74) is 1.23. The molecule has 0 aliphatic carbocycles. The van der Waals surface area contributed by atoms with Gasteiger partial charge in [0.2, 0.25) is 6.29 Å². The van der Waals surface area contributed by atoms with E-state index in [2.05, 4.69) is 10.1 Å². The molecule has 0 N–H and O–H groups in total. The van der Waals surface area contributed by atoms with Crippen LogP contribution in [-0.2, 0) is 14.3 Å². The summed E-state index contributed by atoms with van der Waals surface area (Å²) in [7, 11) is 1.33. The third-order valence-electron chi connectivity index (χ3n) is 5.07. The Morgan fingerprint density at radius 3 is 2.53 bits per heavy atom. The molecule has 0 spiro atoms. The van der Waals surface area contributed by atoms with E-state index >= 15 is 0 Å². The molecule has 0 saturated carbocycles. The molecule has 1 atom stereocenters. The minimum atomic E-state index is -0.463. The van der Waals surface area contributed by atoms with Gasteiger partial charge in [0.1, 0.15) is 29.6 Å². The van der Waals surface area contributed by atoms with Crippen molar-refractivity contribution in [3.63, 3.8) is 0 Å². The van der Waals surface area contributed by atoms with Gasteiger partial charge in [0, 0.05) is 12.6 Å². The van der Waals surface area contributed by atoms with Gasteiger partial charge in [-0.2, -0.15) is 0 Å². The number of hydrogen-bond donors (Lipinski definition) is 0. The van der Waals surface area contributed by atoms with Crippen LogP contribution in [0, 0.1) is 0 Å². The van der Waals surface area contributed by atoms with E-state index in [1.165, 1.54) is 13.3 Å². The van der Waals surface area contributed by atoms with Crippen LogP contribution >= 0.6 is 0 Å². The van der Waals surface area contributed by atoms with Crippen LogP contribution in [-0.4, -0.2) is 43.3 Å². The van der Waals surface area contributed by atoms with E-state index in [-0.39, 0.29) is 6.61 Å². The zero-order valence-corrected chi connectivity index (χ0v) is 18.9. The van der Waals surface area contributed by atoms with Crippen LogP contribution in [0.25, 0.3) is 0 Å². The summed E-state index contributed by atoms with van der Waals surface area (Å²) in [6.45, 7) is 0.711. The Kier molecular flexibility index (Phi) is 8.08. The highest BCUT2D eigenvalue weighted by Crippen LogP contribution is 2.24. The number of carbonyl (C=O) groups is 1. The molecule has 1 unspecified atom stereocenters. The summed E-state index contributed by atoms with van der Waals surface area (Å²) in [6, 6.07) is 20.0. The largest absolute Gasteiger partial charge is 0.487 e. The van der Waals surface area contributed by atoms with E-state index in [4.69, 9.17) is 23.8 Å². The standard InChI is InChI=1S/C26H26N2O6/c1-30-26(29)19-14-15-27-23(17-19)24(28-34-25-9-5-6-16-31-25)18-32-20-10-12-22(13-11-20)33-21-7-3-2-4-8-21/h2-4,7-8,10-15,17,25H,5-6,9,16,18H2,1H3/b28-24+. The summed E-state index contributed by atoms with van der Waals surface area (Å²) in [5, 5.41) is 4.26. The number of aromatic nitrogens is 1. The Morgan fingerprint density at radius 1 is 1.03 bits per heavy atom. The van der Waals surface area contributed by atoms with Gasteiger partial charge < -0.3 is 23.8 Å². The lowest BCUT2D eigenvalue weighted by atomic mass is 10.2. The Bertz CT molecular complexity index is 1100. The molecule has 2 heterocycles. The van der Waals surface area contributed by atoms with Crippen LogP contribution in [0.5, 0.6) is 17.2 Å². The van der Waals surface area contributed by atoms with Crippen LogP contribution in [0.2, 0.25) is 0 Å². The van der Waals surface area contributed by atoms with Crippen LogP contribution < -0.4 is 9.47 Å². The number of carbonyl (C=O) groups excluding carboxylic acids is 1. The molecule has 176 valence electrons. The Labute approximate surface area is 198 Å². The summed E-state index contributed by atoms with van der Waals surface area (Å²) < 4.78 is 22.1. The van der Waals surface area contributed by atoms with Gasteiger partial charge in [-0.15, -0.1) is 0 Å². The molecule has 4 rings (SSSR count). The Morgan fingerprint density at radius 2 is 1.79 bits per heavy atom. The zero-order chi connectivity index (χ0) is 23.6. The first-order valence-electron chi connectivity index (χ1n) is 11.1. The topological polar surface area (TPSA) is 88.5 Å². The lowest BCUT2D eigenvalue weighted by Crippen LogP contribution is -2.22. The number of pyridine rings is 1. The zero-order valence-electron chi connectivity index (χ0n) is 18.9. The van der Waals surface area contributed by atoms with Crippen molar-refractivity contribution in [2.75, 3.05) is 20.3 Å². The minimum Gasteiger partial charge on any atom is -0.487 e. The molecule has 1 aromatic heterocycles. The van der Waals surface area contributed by atoms with E-state index in [1.807, 2.05) is 42.5 Å². The lowest BCUT2D eigenvalue weighted by molar-refractivity contribution is -0.162. The van der Waals surface area contributed by atoms with E-state index in [0.717, 1.165) is 25.0 Å². The number of ether oxygens (including phenoxy) is 4. The van der Waals surface area contributed by atoms with Crippen molar-refractivity contribution in [2.24, 2.45) is 5.16 Å². The van der Waals surface area contributed by atoms with Crippen molar-refractivity contribution in [1.82, 2.24) is 4.98 Å². The molecule has 0 radical (unpaired) electrons. The first-order valence-corrected chi connectivity index (χ1v) is 11.1. The molecule has 0 bridgehead atoms. The molecular formula is C26H26N2O6. The molecule has 1 aliphatic rings. The van der Waals surface area contributed by atoms with Gasteiger partial charge in [0.25, 0.3) is 0 Å². The van der Waals surface area contributed by atoms with Crippen molar-refractivity contribution < 1.29 is 28.6 Å². The first kappa shape index (κ1) is 23.3. The molecule has 1 saturated heterocycles. The third kappa shape index (κ3) is 6.55. The molecule has 3 aromatic rings. The number of benzene rings is 2. The van der Waals surface area contributed by atoms with Crippen LogP contribution in [0.4, 0.5) is 0 Å². The maximum atomic E-state index is 12.0. The van der Waals surface area contributed by atoms with Gasteiger partial charge in [-0.3, -0.25) is 4.98 Å². The van der Waals surface area contributed by atoms with E-state index in [9.17, 15) is 4.79 Å². The van der Waals surface area contributed by atoms with Gasteiger partial charge >= 0.3 is 5.97 Å². The molecular weight excluding hydrogens is 436 g/mol. The average Bonchev–Trinajstić information content (AvgIpc) is 2.90. The van der Waals surface area contributed by atoms with Gasteiger partial charge in [-0.1, -0.05) is 23.4 Å². The highest BCUT2D eigenvalue weighted by molar-refractivity contribution is 6.01. The van der Waals surface area contributed by atoms with Gasteiger partial charge in [-0.25, -0.2) is 4.79 Å². The van der Waals surface area contributed by atoms with Crippen molar-refractivity contribution in [2.45, 2.75) is 25.6 Å². The van der Waals surface area contributed by atoms with Gasteiger partial charge in [0.05, 0.1) is 25.0 Å². The number of rotatable bonds is 9. The average molecular weight is 463 g/mol. The van der Waals surface area contributed by atoms with Gasteiger partial charge in [0.15, 0.2) is 0 Å². The summed E-state index contributed by atoms with van der Waals surface area (Å²) >= 11 is 0. The molecule has 34 heavy (non-hydrogen) atoms. The van der Waals surface area contributed by atoms with E-state index < -0.39 is 12.3 Å². The fourth-order valence-corrected chi connectivity index (χ4v) is 3.28. The maximum Gasteiger partial charge on any atom is 0.337 e. The van der Waals surface area contributed by atoms with E-state index in [1.54, 1.807) is 24.3 Å². The van der Waals surface area contributed by atoms with Crippen molar-refractivity contribution >= 4 is 11.7 Å². The van der Waals surface area contributed by atoms with Crippen LogP contribution in [0.3, 0.4) is 0 Å². The lowest BCUT2D eigenvalue weighted by Gasteiger charge is -2.20. The van der Waals surface area contributed by atoms with Crippen LogP contribution in [0.1, 0.15) is 35.3 Å². The highest BCUT2D eigenvalue weighted by atomic mass is 16.8. The fourth-order valence-electron chi connectivity index (χ4n) is 3.28. The summed E-state index contributed by atoms with van der Waals surface area (Å²) in [5.74, 6) is 1.60. The number of para-hydroxylation sites is 1. The third-order valence-corrected chi connectivity index (χ3v) is 5.07. The number of hydrogen-bond acceptors (Lipinski definition) is 8. The second-order valence-electron chi connectivity index (χ2n) is 7.54. The number of methoxy groups -OCH3 is 1. The Hall–Kier alpha value is -3.91. The number of esters is 1. The molecule has 8 nitrogen and oxygen atoms in total. The monoisotopic (exact) mass is 462 g/mol. The predicted molar refractivity (Wildman–Crippen MR) is 125 cm³/mol. The smallest absolute Gasteiger partial charge is 0.337 e. The molecule has 1 fully saturated rings. The molecule has 8 heteroatoms. The quantitative estimate of drug-likeness (QED) is 0.252. The Balaban J connectivity index is 1.46. The number of nitrogens with zero attached hydrogens (tertiary/aromatic N) is 2. The highest BCUT2D eigenvalue weighted by Gasteiger charge is 2.17.